The van der Waals surface area contributed by atoms with E-state index in [-0.39, 0.29) is 30.8 Å². The third kappa shape index (κ3) is 10.1. The number of alkyl halides is 3. The Labute approximate surface area is 173 Å². The second-order valence-corrected chi connectivity index (χ2v) is 8.28. The Bertz CT molecular complexity index is 737. The van der Waals surface area contributed by atoms with Gasteiger partial charge in [-0.15, -0.1) is 0 Å². The monoisotopic (exact) mass is 455 g/mol. The van der Waals surface area contributed by atoms with Crippen molar-refractivity contribution in [3.63, 3.8) is 0 Å². The Morgan fingerprint density at radius 2 is 1.93 bits per heavy atom. The van der Waals surface area contributed by atoms with E-state index in [9.17, 15) is 22.8 Å². The highest BCUT2D eigenvalue weighted by atomic mass is 31.2. The molecule has 0 radical (unpaired) electrons. The fourth-order valence-electron chi connectivity index (χ4n) is 2.53. The van der Waals surface area contributed by atoms with Gasteiger partial charge in [-0.3, -0.25) is 4.52 Å². The number of ether oxygens (including phenoxy) is 1. The molecule has 0 aliphatic heterocycles. The first-order chi connectivity index (χ1) is 13.9. The van der Waals surface area contributed by atoms with E-state index >= 15 is 0 Å². The average molecular weight is 455 g/mol. The second kappa shape index (κ2) is 11.8. The first-order valence-corrected chi connectivity index (χ1v) is 11.0. The van der Waals surface area contributed by atoms with E-state index in [2.05, 4.69) is 4.52 Å². The molecular weight excluding hydrogens is 426 g/mol. The standard InChI is InChI=1S/C19H29F3NO6P/c1-2-3-4-5-6-11-28-17-8-7-15(12-16(17)19(20,21)22)9-10-18(23,13-24)14-29-30(25,26)27/h5-8,12,24H,2-4,9-11,13-14,23H2,1H3,(H2,25,26,27)/b6-5+. The van der Waals surface area contributed by atoms with Gasteiger partial charge in [-0.2, -0.15) is 13.2 Å². The lowest BCUT2D eigenvalue weighted by atomic mass is 9.93. The van der Waals surface area contributed by atoms with Crippen LogP contribution in [0.4, 0.5) is 13.2 Å². The molecule has 5 N–H and O–H groups in total. The third-order valence-corrected chi connectivity index (χ3v) is 4.79. The van der Waals surface area contributed by atoms with Crippen LogP contribution in [0, 0.1) is 0 Å². The zero-order valence-corrected chi connectivity index (χ0v) is 17.7. The lowest BCUT2D eigenvalue weighted by molar-refractivity contribution is -0.138. The summed E-state index contributed by atoms with van der Waals surface area (Å²) in [7, 11) is -4.79. The van der Waals surface area contributed by atoms with Gasteiger partial charge in [-0.25, -0.2) is 4.57 Å². The highest BCUT2D eigenvalue weighted by Crippen LogP contribution is 2.38. The molecule has 0 bridgehead atoms. The smallest absolute Gasteiger partial charge is 0.469 e. The number of phosphoric acid groups is 1. The van der Waals surface area contributed by atoms with Crippen molar-refractivity contribution in [3.8, 4) is 5.75 Å². The summed E-state index contributed by atoms with van der Waals surface area (Å²) in [4.78, 5) is 17.5. The fourth-order valence-corrected chi connectivity index (χ4v) is 2.95. The van der Waals surface area contributed by atoms with Gasteiger partial charge in [0.2, 0.25) is 0 Å². The van der Waals surface area contributed by atoms with Crippen LogP contribution in [0.15, 0.2) is 30.4 Å². The van der Waals surface area contributed by atoms with Crippen molar-refractivity contribution in [1.82, 2.24) is 0 Å². The maximum Gasteiger partial charge on any atom is 0.469 e. The predicted molar refractivity (Wildman–Crippen MR) is 106 cm³/mol. The van der Waals surface area contributed by atoms with Crippen LogP contribution in [-0.4, -0.2) is 40.3 Å². The summed E-state index contributed by atoms with van der Waals surface area (Å²) in [5, 5.41) is 9.40. The Balaban J connectivity index is 2.84. The minimum atomic E-state index is -4.79. The molecule has 11 heteroatoms. The molecule has 1 aromatic carbocycles. The van der Waals surface area contributed by atoms with Crippen molar-refractivity contribution in [2.45, 2.75) is 50.7 Å². The third-order valence-electron chi connectivity index (χ3n) is 4.32. The van der Waals surface area contributed by atoms with Gasteiger partial charge < -0.3 is 25.4 Å². The number of aliphatic hydroxyl groups excluding tert-OH is 1. The number of halogens is 3. The van der Waals surface area contributed by atoms with Gasteiger partial charge in [-0.1, -0.05) is 38.0 Å². The number of unbranched alkanes of at least 4 members (excludes halogenated alkanes) is 2. The first kappa shape index (κ1) is 26.6. The number of hydrogen-bond acceptors (Lipinski definition) is 5. The lowest BCUT2D eigenvalue weighted by Crippen LogP contribution is -2.48. The topological polar surface area (TPSA) is 122 Å². The van der Waals surface area contributed by atoms with Crippen LogP contribution in [-0.2, 0) is 21.7 Å². The molecule has 1 unspecified atom stereocenters. The van der Waals surface area contributed by atoms with Gasteiger partial charge in [0.1, 0.15) is 12.4 Å². The van der Waals surface area contributed by atoms with E-state index in [4.69, 9.17) is 20.3 Å². The molecule has 7 nitrogen and oxygen atoms in total. The van der Waals surface area contributed by atoms with Crippen LogP contribution in [0.3, 0.4) is 0 Å². The summed E-state index contributed by atoms with van der Waals surface area (Å²) in [5.41, 5.74) is 3.69. The van der Waals surface area contributed by atoms with E-state index in [0.717, 1.165) is 25.3 Å². The van der Waals surface area contributed by atoms with Gasteiger partial charge in [0.05, 0.1) is 24.3 Å². The van der Waals surface area contributed by atoms with Gasteiger partial charge in [0.15, 0.2) is 0 Å². The molecule has 0 spiro atoms. The molecule has 1 atom stereocenters. The van der Waals surface area contributed by atoms with Crippen molar-refractivity contribution >= 4 is 7.82 Å². The predicted octanol–water partition coefficient (Wildman–Crippen LogP) is 3.56. The van der Waals surface area contributed by atoms with Crippen LogP contribution in [0.25, 0.3) is 0 Å². The number of hydrogen-bond donors (Lipinski definition) is 4. The average Bonchev–Trinajstić information content (AvgIpc) is 2.66. The van der Waals surface area contributed by atoms with Crippen LogP contribution >= 0.6 is 7.82 Å². The molecule has 0 saturated carbocycles. The number of allylic oxidation sites excluding steroid dienone is 1. The van der Waals surface area contributed by atoms with Crippen molar-refractivity contribution in [2.75, 3.05) is 19.8 Å². The maximum atomic E-state index is 13.4. The number of benzene rings is 1. The summed E-state index contributed by atoms with van der Waals surface area (Å²) in [6.45, 7) is 0.750. The van der Waals surface area contributed by atoms with Crippen molar-refractivity contribution in [2.24, 2.45) is 5.73 Å². The van der Waals surface area contributed by atoms with Crippen LogP contribution in [0.2, 0.25) is 0 Å². The number of aryl methyl sites for hydroxylation is 1. The fraction of sp³-hybridized carbons (Fsp3) is 0.579. The molecule has 0 amide bonds. The maximum absolute atomic E-state index is 13.4. The van der Waals surface area contributed by atoms with E-state index in [1.165, 1.54) is 12.1 Å². The SMILES string of the molecule is CCCC/C=C/COc1ccc(CCC(N)(CO)COP(=O)(O)O)cc1C(F)(F)F. The normalized spacial score (nSPS) is 14.8. The summed E-state index contributed by atoms with van der Waals surface area (Å²) < 4.78 is 60.7. The summed E-state index contributed by atoms with van der Waals surface area (Å²) in [5.74, 6) is -0.294. The summed E-state index contributed by atoms with van der Waals surface area (Å²) in [6.07, 6.45) is 1.74. The number of aliphatic hydroxyl groups is 1. The minimum absolute atomic E-state index is 0.0162. The molecule has 1 rings (SSSR count). The van der Waals surface area contributed by atoms with Crippen molar-refractivity contribution < 1.29 is 41.9 Å². The summed E-state index contributed by atoms with van der Waals surface area (Å²) in [6, 6.07) is 3.62. The molecule has 0 heterocycles. The first-order valence-electron chi connectivity index (χ1n) is 9.48. The molecule has 0 fully saturated rings. The van der Waals surface area contributed by atoms with E-state index in [1.54, 1.807) is 6.08 Å². The Kier molecular flexibility index (Phi) is 10.5. The Hall–Kier alpha value is -1.42. The molecular formula is C19H29F3NO6P. The van der Waals surface area contributed by atoms with Crippen LogP contribution in [0.1, 0.15) is 43.7 Å². The van der Waals surface area contributed by atoms with Crippen molar-refractivity contribution in [3.05, 3.63) is 41.5 Å². The second-order valence-electron chi connectivity index (χ2n) is 7.04. The van der Waals surface area contributed by atoms with E-state index in [0.29, 0.717) is 0 Å². The Morgan fingerprint density at radius 1 is 1.23 bits per heavy atom. The van der Waals surface area contributed by atoms with E-state index in [1.807, 2.05) is 13.0 Å². The van der Waals surface area contributed by atoms with Gasteiger partial charge >= 0.3 is 14.0 Å². The lowest BCUT2D eigenvalue weighted by Gasteiger charge is -2.27. The largest absolute Gasteiger partial charge is 0.489 e. The van der Waals surface area contributed by atoms with E-state index < -0.39 is 38.3 Å². The molecule has 0 aromatic heterocycles. The van der Waals surface area contributed by atoms with Crippen LogP contribution in [0.5, 0.6) is 5.75 Å². The molecule has 1 aromatic rings. The van der Waals surface area contributed by atoms with Crippen molar-refractivity contribution in [1.29, 1.82) is 0 Å². The molecule has 0 aliphatic carbocycles. The van der Waals surface area contributed by atoms with Gasteiger partial charge in [0.25, 0.3) is 0 Å². The molecule has 30 heavy (non-hydrogen) atoms. The van der Waals surface area contributed by atoms with Gasteiger partial charge in [0, 0.05) is 0 Å². The Morgan fingerprint density at radius 3 is 2.50 bits per heavy atom. The molecule has 0 saturated heterocycles. The number of rotatable bonds is 13. The highest BCUT2D eigenvalue weighted by molar-refractivity contribution is 7.46. The zero-order chi connectivity index (χ0) is 22.8. The molecule has 0 aliphatic rings. The minimum Gasteiger partial charge on any atom is -0.489 e. The quantitative estimate of drug-likeness (QED) is 0.204. The summed E-state index contributed by atoms with van der Waals surface area (Å²) >= 11 is 0. The zero-order valence-electron chi connectivity index (χ0n) is 16.8. The highest BCUT2D eigenvalue weighted by Gasteiger charge is 2.35. The number of nitrogens with two attached hydrogens (primary N) is 1. The van der Waals surface area contributed by atoms with Gasteiger partial charge in [-0.05, 0) is 37.0 Å². The van der Waals surface area contributed by atoms with Crippen LogP contribution < -0.4 is 10.5 Å². The number of phosphoric ester groups is 1. The molecule has 172 valence electrons.